The van der Waals surface area contributed by atoms with Gasteiger partial charge in [-0.1, -0.05) is 12.8 Å². The SMILES string of the molecule is Cn1nccc1C1c2nc[nH]c2CCN1C(=O)NC1CCCC1. The van der Waals surface area contributed by atoms with Crippen LogP contribution in [-0.2, 0) is 13.5 Å². The van der Waals surface area contributed by atoms with E-state index < -0.39 is 0 Å². The fourth-order valence-electron chi connectivity index (χ4n) is 3.78. The molecule has 1 saturated carbocycles. The molecule has 2 N–H and O–H groups in total. The Hall–Kier alpha value is -2.31. The van der Waals surface area contributed by atoms with Gasteiger partial charge in [-0.05, 0) is 18.9 Å². The van der Waals surface area contributed by atoms with Gasteiger partial charge in [0.1, 0.15) is 6.04 Å². The molecule has 0 bridgehead atoms. The molecule has 7 heteroatoms. The van der Waals surface area contributed by atoms with Gasteiger partial charge in [-0.25, -0.2) is 9.78 Å². The number of nitrogens with one attached hydrogen (secondary N) is 2. The topological polar surface area (TPSA) is 78.8 Å². The summed E-state index contributed by atoms with van der Waals surface area (Å²) in [6.45, 7) is 0.684. The van der Waals surface area contributed by atoms with Crippen molar-refractivity contribution in [3.63, 3.8) is 0 Å². The van der Waals surface area contributed by atoms with Gasteiger partial charge in [-0.15, -0.1) is 0 Å². The lowest BCUT2D eigenvalue weighted by Crippen LogP contribution is -2.49. The molecule has 2 aromatic rings. The highest BCUT2D eigenvalue weighted by atomic mass is 16.2. The van der Waals surface area contributed by atoms with Gasteiger partial charge in [0.2, 0.25) is 0 Å². The summed E-state index contributed by atoms with van der Waals surface area (Å²) in [5, 5.41) is 7.47. The number of carbonyl (C=O) groups excluding carboxylic acids is 1. The molecule has 0 spiro atoms. The molecule has 0 saturated heterocycles. The molecule has 2 aliphatic rings. The zero-order valence-corrected chi connectivity index (χ0v) is 13.3. The first kappa shape index (κ1) is 14.3. The summed E-state index contributed by atoms with van der Waals surface area (Å²) in [5.41, 5.74) is 3.03. The lowest BCUT2D eigenvalue weighted by molar-refractivity contribution is 0.172. The Labute approximate surface area is 135 Å². The van der Waals surface area contributed by atoms with E-state index in [2.05, 4.69) is 20.4 Å². The largest absolute Gasteiger partial charge is 0.348 e. The number of amides is 2. The zero-order chi connectivity index (χ0) is 15.8. The molecule has 1 fully saturated rings. The number of hydrogen-bond acceptors (Lipinski definition) is 3. The van der Waals surface area contributed by atoms with E-state index in [4.69, 9.17) is 0 Å². The minimum Gasteiger partial charge on any atom is -0.348 e. The predicted molar refractivity (Wildman–Crippen MR) is 84.8 cm³/mol. The van der Waals surface area contributed by atoms with Crippen molar-refractivity contribution in [1.29, 1.82) is 0 Å². The third-order valence-corrected chi connectivity index (χ3v) is 5.01. The van der Waals surface area contributed by atoms with E-state index in [1.807, 2.05) is 22.7 Å². The van der Waals surface area contributed by atoms with Gasteiger partial charge < -0.3 is 15.2 Å². The van der Waals surface area contributed by atoms with Crippen LogP contribution in [0.1, 0.15) is 48.8 Å². The van der Waals surface area contributed by atoms with Crippen LogP contribution in [0, 0.1) is 0 Å². The number of aryl methyl sites for hydroxylation is 1. The summed E-state index contributed by atoms with van der Waals surface area (Å²) >= 11 is 0. The number of hydrogen-bond donors (Lipinski definition) is 2. The van der Waals surface area contributed by atoms with E-state index in [-0.39, 0.29) is 12.1 Å². The third-order valence-electron chi connectivity index (χ3n) is 5.01. The van der Waals surface area contributed by atoms with Crippen molar-refractivity contribution in [3.05, 3.63) is 35.7 Å². The number of aromatic amines is 1. The van der Waals surface area contributed by atoms with Crippen LogP contribution in [0.3, 0.4) is 0 Å². The second kappa shape index (κ2) is 5.72. The summed E-state index contributed by atoms with van der Waals surface area (Å²) in [6, 6.07) is 2.11. The van der Waals surface area contributed by atoms with Gasteiger partial charge >= 0.3 is 6.03 Å². The molecule has 2 aromatic heterocycles. The lowest BCUT2D eigenvalue weighted by atomic mass is 10.00. The summed E-state index contributed by atoms with van der Waals surface area (Å²) in [7, 11) is 1.91. The monoisotopic (exact) mass is 314 g/mol. The van der Waals surface area contributed by atoms with E-state index in [0.717, 1.165) is 36.3 Å². The number of aromatic nitrogens is 4. The van der Waals surface area contributed by atoms with Gasteiger partial charge in [-0.2, -0.15) is 5.10 Å². The summed E-state index contributed by atoms with van der Waals surface area (Å²) < 4.78 is 1.82. The van der Waals surface area contributed by atoms with Crippen molar-refractivity contribution in [2.24, 2.45) is 7.05 Å². The van der Waals surface area contributed by atoms with Gasteiger partial charge in [0.15, 0.2) is 0 Å². The Kier molecular flexibility index (Phi) is 3.55. The molecule has 122 valence electrons. The number of carbonyl (C=O) groups is 1. The van der Waals surface area contributed by atoms with Crippen LogP contribution >= 0.6 is 0 Å². The highest BCUT2D eigenvalue weighted by Gasteiger charge is 2.36. The molecule has 1 aliphatic heterocycles. The Bertz CT molecular complexity index is 699. The fourth-order valence-corrected chi connectivity index (χ4v) is 3.78. The lowest BCUT2D eigenvalue weighted by Gasteiger charge is -2.35. The maximum absolute atomic E-state index is 12.8. The minimum atomic E-state index is -0.182. The molecular weight excluding hydrogens is 292 g/mol. The van der Waals surface area contributed by atoms with E-state index >= 15 is 0 Å². The highest BCUT2D eigenvalue weighted by molar-refractivity contribution is 5.76. The zero-order valence-electron chi connectivity index (χ0n) is 13.3. The summed E-state index contributed by atoms with van der Waals surface area (Å²) in [5.74, 6) is 0. The second-order valence-electron chi connectivity index (χ2n) is 6.42. The van der Waals surface area contributed by atoms with Crippen LogP contribution in [0.4, 0.5) is 4.79 Å². The number of nitrogens with zero attached hydrogens (tertiary/aromatic N) is 4. The molecule has 0 radical (unpaired) electrons. The van der Waals surface area contributed by atoms with Crippen LogP contribution in [-0.4, -0.2) is 43.3 Å². The maximum Gasteiger partial charge on any atom is 0.318 e. The van der Waals surface area contributed by atoms with Crippen molar-refractivity contribution < 1.29 is 4.79 Å². The standard InChI is InChI=1S/C16H22N6O/c1-21-13(6-8-19-21)15-14-12(17-10-18-14)7-9-22(15)16(23)20-11-4-2-3-5-11/h6,8,10-11,15H,2-5,7,9H2,1H3,(H,17,18)(H,20,23). The molecular formula is C16H22N6O. The van der Waals surface area contributed by atoms with Crippen LogP contribution < -0.4 is 5.32 Å². The Morgan fingerprint density at radius 1 is 1.39 bits per heavy atom. The molecule has 1 aliphatic carbocycles. The molecule has 7 nitrogen and oxygen atoms in total. The van der Waals surface area contributed by atoms with Crippen LogP contribution in [0.15, 0.2) is 18.6 Å². The maximum atomic E-state index is 12.8. The first-order valence-corrected chi connectivity index (χ1v) is 8.31. The average Bonchev–Trinajstić information content (AvgIpc) is 3.27. The van der Waals surface area contributed by atoms with Crippen molar-refractivity contribution in [3.8, 4) is 0 Å². The van der Waals surface area contributed by atoms with E-state index in [9.17, 15) is 4.79 Å². The van der Waals surface area contributed by atoms with Crippen molar-refractivity contribution in [1.82, 2.24) is 30.0 Å². The number of H-pyrrole nitrogens is 1. The third kappa shape index (κ3) is 2.50. The molecule has 4 rings (SSSR count). The highest BCUT2D eigenvalue weighted by Crippen LogP contribution is 2.33. The number of imidazole rings is 1. The van der Waals surface area contributed by atoms with Gasteiger partial charge in [0.25, 0.3) is 0 Å². The quantitative estimate of drug-likeness (QED) is 0.886. The van der Waals surface area contributed by atoms with Gasteiger partial charge in [0, 0.05) is 37.9 Å². The summed E-state index contributed by atoms with van der Waals surface area (Å²) in [6.07, 6.45) is 8.88. The minimum absolute atomic E-state index is 0.0109. The Morgan fingerprint density at radius 2 is 2.22 bits per heavy atom. The fraction of sp³-hybridized carbons (Fsp3) is 0.562. The number of rotatable bonds is 2. The van der Waals surface area contributed by atoms with E-state index in [1.54, 1.807) is 12.5 Å². The molecule has 23 heavy (non-hydrogen) atoms. The van der Waals surface area contributed by atoms with Crippen molar-refractivity contribution >= 4 is 6.03 Å². The smallest absolute Gasteiger partial charge is 0.318 e. The summed E-state index contributed by atoms with van der Waals surface area (Å²) in [4.78, 5) is 22.4. The van der Waals surface area contributed by atoms with E-state index in [1.165, 1.54) is 12.8 Å². The normalized spacial score (nSPS) is 21.4. The Balaban J connectivity index is 1.65. The molecule has 3 heterocycles. The van der Waals surface area contributed by atoms with Crippen LogP contribution in [0.2, 0.25) is 0 Å². The van der Waals surface area contributed by atoms with Crippen LogP contribution in [0.25, 0.3) is 0 Å². The molecule has 0 aromatic carbocycles. The van der Waals surface area contributed by atoms with Gasteiger partial charge in [-0.3, -0.25) is 4.68 Å². The first-order chi connectivity index (χ1) is 11.2. The van der Waals surface area contributed by atoms with Crippen LogP contribution in [0.5, 0.6) is 0 Å². The number of fused-ring (bicyclic) bond motifs is 1. The molecule has 1 unspecified atom stereocenters. The van der Waals surface area contributed by atoms with E-state index in [0.29, 0.717) is 12.6 Å². The first-order valence-electron chi connectivity index (χ1n) is 8.31. The predicted octanol–water partition coefficient (Wildman–Crippen LogP) is 1.74. The van der Waals surface area contributed by atoms with Crippen molar-refractivity contribution in [2.75, 3.05) is 6.54 Å². The average molecular weight is 314 g/mol. The number of urea groups is 1. The second-order valence-corrected chi connectivity index (χ2v) is 6.42. The van der Waals surface area contributed by atoms with Crippen molar-refractivity contribution in [2.45, 2.75) is 44.2 Å². The molecule has 1 atom stereocenters. The Morgan fingerprint density at radius 3 is 2.96 bits per heavy atom. The van der Waals surface area contributed by atoms with Gasteiger partial charge in [0.05, 0.1) is 17.7 Å². The molecule has 2 amide bonds.